The minimum absolute atomic E-state index is 0.239. The van der Waals surface area contributed by atoms with E-state index in [1.165, 1.54) is 5.56 Å². The number of allylic oxidation sites excluding steroid dienone is 1. The van der Waals surface area contributed by atoms with E-state index in [1.54, 1.807) is 0 Å². The lowest BCUT2D eigenvalue weighted by molar-refractivity contribution is -0.145. The molecule has 0 aliphatic carbocycles. The van der Waals surface area contributed by atoms with Gasteiger partial charge in [-0.25, -0.2) is 4.98 Å². The van der Waals surface area contributed by atoms with Crippen LogP contribution < -0.4 is 10.5 Å². The molecule has 0 saturated carbocycles. The van der Waals surface area contributed by atoms with Gasteiger partial charge in [-0.2, -0.15) is 18.2 Å². The number of rotatable bonds is 8. The standard InChI is InChI=1S/C11H14O.C8H8F3N3O2.C2H6/c1-3-10(2)12-9-11-7-5-4-6-8-11;9-8(10,11)7-13-2-1-6(14-7)16-4-5(15)3-12;1-2/h4-8H,2-3,9H2,1H3;1-2H,3-4,12H2;1-2H3. The topological polar surface area (TPSA) is 87.3 Å². The van der Waals surface area contributed by atoms with E-state index in [1.807, 2.05) is 51.1 Å². The smallest absolute Gasteiger partial charge is 0.451 e. The summed E-state index contributed by atoms with van der Waals surface area (Å²) in [4.78, 5) is 16.9. The first kappa shape index (κ1) is 27.1. The molecule has 0 amide bonds. The summed E-state index contributed by atoms with van der Waals surface area (Å²) in [7, 11) is 0. The van der Waals surface area contributed by atoms with Crippen molar-refractivity contribution in [1.29, 1.82) is 0 Å². The largest absolute Gasteiger partial charge is 0.494 e. The average molecular weight is 427 g/mol. The summed E-state index contributed by atoms with van der Waals surface area (Å²) in [6.45, 7) is 9.78. The van der Waals surface area contributed by atoms with Gasteiger partial charge < -0.3 is 15.2 Å². The van der Waals surface area contributed by atoms with Crippen molar-refractivity contribution in [2.24, 2.45) is 5.73 Å². The summed E-state index contributed by atoms with van der Waals surface area (Å²) in [6, 6.07) is 11.2. The van der Waals surface area contributed by atoms with Gasteiger partial charge in [0, 0.05) is 18.7 Å². The van der Waals surface area contributed by atoms with E-state index < -0.39 is 24.4 Å². The van der Waals surface area contributed by atoms with Gasteiger partial charge in [0.1, 0.15) is 13.2 Å². The summed E-state index contributed by atoms with van der Waals surface area (Å²) in [5, 5.41) is 0. The molecule has 166 valence electrons. The molecule has 9 heteroatoms. The van der Waals surface area contributed by atoms with Crippen LogP contribution in [0.2, 0.25) is 0 Å². The molecule has 2 N–H and O–H groups in total. The summed E-state index contributed by atoms with van der Waals surface area (Å²) >= 11 is 0. The fourth-order valence-corrected chi connectivity index (χ4v) is 1.63. The van der Waals surface area contributed by atoms with E-state index in [0.717, 1.165) is 24.4 Å². The van der Waals surface area contributed by atoms with Crippen LogP contribution in [-0.2, 0) is 22.3 Å². The number of halogens is 3. The van der Waals surface area contributed by atoms with Crippen molar-refractivity contribution >= 4 is 5.78 Å². The van der Waals surface area contributed by atoms with Crippen molar-refractivity contribution in [1.82, 2.24) is 9.97 Å². The maximum atomic E-state index is 12.2. The van der Waals surface area contributed by atoms with Crippen LogP contribution in [0.15, 0.2) is 54.9 Å². The Morgan fingerprint density at radius 3 is 2.33 bits per heavy atom. The zero-order valence-corrected chi connectivity index (χ0v) is 17.4. The fraction of sp³-hybridized carbons (Fsp3) is 0.381. The molecule has 0 atom stereocenters. The Bertz CT molecular complexity index is 754. The van der Waals surface area contributed by atoms with Crippen LogP contribution in [0.3, 0.4) is 0 Å². The minimum atomic E-state index is -4.64. The lowest BCUT2D eigenvalue weighted by Gasteiger charge is -2.07. The Labute approximate surface area is 174 Å². The van der Waals surface area contributed by atoms with Gasteiger partial charge in [-0.3, -0.25) is 4.79 Å². The third-order valence-corrected chi connectivity index (χ3v) is 3.17. The number of Topliss-reactive ketones (excluding diaryl/α,β-unsaturated/α-hetero) is 1. The Morgan fingerprint density at radius 2 is 1.80 bits per heavy atom. The van der Waals surface area contributed by atoms with Crippen LogP contribution in [0.1, 0.15) is 38.6 Å². The second kappa shape index (κ2) is 15.0. The highest BCUT2D eigenvalue weighted by Crippen LogP contribution is 2.26. The van der Waals surface area contributed by atoms with Crippen LogP contribution in [0.4, 0.5) is 13.2 Å². The quantitative estimate of drug-likeness (QED) is 0.622. The zero-order chi connectivity index (χ0) is 23.0. The van der Waals surface area contributed by atoms with Gasteiger partial charge in [-0.15, -0.1) is 0 Å². The summed E-state index contributed by atoms with van der Waals surface area (Å²) in [6.07, 6.45) is -2.86. The van der Waals surface area contributed by atoms with E-state index in [2.05, 4.69) is 16.5 Å². The second-order valence-electron chi connectivity index (χ2n) is 5.41. The second-order valence-corrected chi connectivity index (χ2v) is 5.41. The van der Waals surface area contributed by atoms with Crippen molar-refractivity contribution in [2.45, 2.75) is 40.0 Å². The highest BCUT2D eigenvalue weighted by molar-refractivity contribution is 5.81. The number of aromatic nitrogens is 2. The predicted molar refractivity (Wildman–Crippen MR) is 109 cm³/mol. The van der Waals surface area contributed by atoms with Crippen molar-refractivity contribution in [3.05, 3.63) is 66.3 Å². The third-order valence-electron chi connectivity index (χ3n) is 3.17. The maximum absolute atomic E-state index is 12.2. The molecule has 0 radical (unpaired) electrons. The van der Waals surface area contributed by atoms with Crippen molar-refractivity contribution in [2.75, 3.05) is 13.2 Å². The van der Waals surface area contributed by atoms with E-state index in [0.29, 0.717) is 6.61 Å². The SMILES string of the molecule is C=C(CC)OCc1ccccc1.CC.NCC(=O)COc1ccnc(C(F)(F)F)n1. The first-order chi connectivity index (χ1) is 14.3. The Morgan fingerprint density at radius 1 is 1.17 bits per heavy atom. The Hall–Kier alpha value is -2.94. The number of ether oxygens (including phenoxy) is 2. The van der Waals surface area contributed by atoms with Gasteiger partial charge in [0.25, 0.3) is 0 Å². The van der Waals surface area contributed by atoms with Gasteiger partial charge in [-0.1, -0.05) is 57.7 Å². The first-order valence-electron chi connectivity index (χ1n) is 9.35. The third kappa shape index (κ3) is 11.8. The monoisotopic (exact) mass is 427 g/mol. The van der Waals surface area contributed by atoms with Gasteiger partial charge in [0.2, 0.25) is 11.7 Å². The molecule has 0 unspecified atom stereocenters. The Balaban J connectivity index is 0.000000535. The van der Waals surface area contributed by atoms with Crippen LogP contribution in [0.25, 0.3) is 0 Å². The van der Waals surface area contributed by atoms with Gasteiger partial charge >= 0.3 is 6.18 Å². The minimum Gasteiger partial charge on any atom is -0.494 e. The molecule has 1 heterocycles. The number of nitrogens with zero attached hydrogens (tertiary/aromatic N) is 2. The highest BCUT2D eigenvalue weighted by Gasteiger charge is 2.34. The van der Waals surface area contributed by atoms with Crippen molar-refractivity contribution < 1.29 is 27.4 Å². The molecular weight excluding hydrogens is 399 g/mol. The zero-order valence-electron chi connectivity index (χ0n) is 17.4. The molecular formula is C21H28F3N3O3. The number of ketones is 1. The predicted octanol–water partition coefficient (Wildman–Crippen LogP) is 4.56. The van der Waals surface area contributed by atoms with Gasteiger partial charge in [-0.05, 0) is 5.56 Å². The molecule has 30 heavy (non-hydrogen) atoms. The molecule has 0 spiro atoms. The molecule has 1 aromatic carbocycles. The molecule has 0 saturated heterocycles. The summed E-state index contributed by atoms with van der Waals surface area (Å²) < 4.78 is 46.6. The Kier molecular flexibility index (Phi) is 13.5. The number of carbonyl (C=O) groups is 1. The number of alkyl halides is 3. The van der Waals surface area contributed by atoms with Gasteiger partial charge in [0.05, 0.1) is 12.3 Å². The molecule has 0 aliphatic heterocycles. The number of benzene rings is 1. The lowest BCUT2D eigenvalue weighted by atomic mass is 10.2. The van der Waals surface area contributed by atoms with Crippen LogP contribution in [0, 0.1) is 0 Å². The fourth-order valence-electron chi connectivity index (χ4n) is 1.63. The maximum Gasteiger partial charge on any atom is 0.451 e. The molecule has 1 aromatic heterocycles. The van der Waals surface area contributed by atoms with Crippen LogP contribution >= 0.6 is 0 Å². The first-order valence-corrected chi connectivity index (χ1v) is 9.35. The molecule has 0 bridgehead atoms. The van der Waals surface area contributed by atoms with E-state index in [4.69, 9.17) is 15.2 Å². The summed E-state index contributed by atoms with van der Waals surface area (Å²) in [5.41, 5.74) is 6.18. The van der Waals surface area contributed by atoms with E-state index >= 15 is 0 Å². The molecule has 2 rings (SSSR count). The van der Waals surface area contributed by atoms with E-state index in [-0.39, 0.29) is 12.4 Å². The number of carbonyl (C=O) groups excluding carboxylic acids is 1. The van der Waals surface area contributed by atoms with Gasteiger partial charge in [0.15, 0.2) is 5.78 Å². The molecule has 2 aromatic rings. The van der Waals surface area contributed by atoms with Crippen molar-refractivity contribution in [3.63, 3.8) is 0 Å². The van der Waals surface area contributed by atoms with E-state index in [9.17, 15) is 18.0 Å². The lowest BCUT2D eigenvalue weighted by Crippen LogP contribution is -2.21. The van der Waals surface area contributed by atoms with Crippen LogP contribution in [-0.4, -0.2) is 28.9 Å². The average Bonchev–Trinajstić information content (AvgIpc) is 2.78. The molecule has 0 aliphatic rings. The summed E-state index contributed by atoms with van der Waals surface area (Å²) in [5.74, 6) is -1.22. The molecule has 0 fully saturated rings. The normalized spacial score (nSPS) is 9.97. The number of nitrogens with two attached hydrogens (primary N) is 1. The highest BCUT2D eigenvalue weighted by atomic mass is 19.4. The number of hydrogen-bond acceptors (Lipinski definition) is 6. The van der Waals surface area contributed by atoms with Crippen LogP contribution in [0.5, 0.6) is 5.88 Å². The van der Waals surface area contributed by atoms with Crippen molar-refractivity contribution in [3.8, 4) is 5.88 Å². The number of hydrogen-bond donors (Lipinski definition) is 1. The molecule has 6 nitrogen and oxygen atoms in total.